The van der Waals surface area contributed by atoms with E-state index in [9.17, 15) is 4.79 Å². The van der Waals surface area contributed by atoms with E-state index in [2.05, 4.69) is 48.3 Å². The third-order valence-corrected chi connectivity index (χ3v) is 7.07. The van der Waals surface area contributed by atoms with Gasteiger partial charge in [-0.2, -0.15) is 5.10 Å². The summed E-state index contributed by atoms with van der Waals surface area (Å²) in [6, 6.07) is 24.2. The molecule has 1 saturated carbocycles. The maximum Gasteiger partial charge on any atom is 0.412 e. The molecule has 6 rings (SSSR count). The molecule has 0 saturated heterocycles. The first-order valence-corrected chi connectivity index (χ1v) is 12.3. The maximum atomic E-state index is 12.3. The molecule has 5 aromatic rings. The van der Waals surface area contributed by atoms with Gasteiger partial charge in [0, 0.05) is 22.7 Å². The van der Waals surface area contributed by atoms with Crippen molar-refractivity contribution < 1.29 is 9.53 Å². The molecule has 3 aromatic carbocycles. The molecule has 0 spiro atoms. The number of amides is 1. The first kappa shape index (κ1) is 23.0. The monoisotopic (exact) mass is 484 g/mol. The van der Waals surface area contributed by atoms with E-state index in [-0.39, 0.29) is 0 Å². The van der Waals surface area contributed by atoms with Crippen molar-refractivity contribution in [3.05, 3.63) is 96.9 Å². The second-order valence-electron chi connectivity index (χ2n) is 9.61. The topological polar surface area (TPSA) is 68.5 Å². The number of rotatable bonds is 5. The summed E-state index contributed by atoms with van der Waals surface area (Å²) in [6.07, 6.45) is 4.31. The third kappa shape index (κ3) is 4.06. The molecule has 1 N–H and O–H groups in total. The van der Waals surface area contributed by atoms with Crippen LogP contribution < -0.4 is 10.8 Å². The van der Waals surface area contributed by atoms with Gasteiger partial charge in [0.1, 0.15) is 7.85 Å². The Morgan fingerprint density at radius 2 is 1.78 bits per heavy atom. The molecule has 37 heavy (non-hydrogen) atoms. The zero-order valence-corrected chi connectivity index (χ0v) is 20.6. The SMILES string of the molecule is [B]c1cccc2c1nn1cc(-c3ccccc3)c(-c3ccc(C4(NC(=O)OC(=C)C)CCC4)cc3)nc21. The number of aromatic nitrogens is 3. The van der Waals surface area contributed by atoms with Crippen LogP contribution >= 0.6 is 0 Å². The van der Waals surface area contributed by atoms with Gasteiger partial charge in [0.25, 0.3) is 0 Å². The number of benzene rings is 3. The molecule has 2 heterocycles. The Morgan fingerprint density at radius 3 is 2.46 bits per heavy atom. The Balaban J connectivity index is 1.45. The molecule has 0 aliphatic heterocycles. The van der Waals surface area contributed by atoms with Gasteiger partial charge in [-0.1, -0.05) is 78.8 Å². The summed E-state index contributed by atoms with van der Waals surface area (Å²) in [5.74, 6) is 0.367. The summed E-state index contributed by atoms with van der Waals surface area (Å²) in [4.78, 5) is 17.4. The highest BCUT2D eigenvalue weighted by atomic mass is 16.6. The van der Waals surface area contributed by atoms with Gasteiger partial charge >= 0.3 is 6.09 Å². The predicted octanol–water partition coefficient (Wildman–Crippen LogP) is 5.65. The lowest BCUT2D eigenvalue weighted by atomic mass is 9.71. The second-order valence-corrected chi connectivity index (χ2v) is 9.61. The molecule has 180 valence electrons. The van der Waals surface area contributed by atoms with E-state index in [0.717, 1.165) is 63.8 Å². The summed E-state index contributed by atoms with van der Waals surface area (Å²) >= 11 is 0. The van der Waals surface area contributed by atoms with E-state index < -0.39 is 11.6 Å². The van der Waals surface area contributed by atoms with Crippen molar-refractivity contribution in [1.29, 1.82) is 0 Å². The number of hydrogen-bond donors (Lipinski definition) is 1. The summed E-state index contributed by atoms with van der Waals surface area (Å²) in [5.41, 5.74) is 6.57. The standard InChI is InChI=1S/C30H25BN4O2/c1-19(2)37-29(36)33-30(16-7-17-30)22-14-12-21(13-15-22)26-24(20-8-4-3-5-9-20)18-35-28(32-26)23-10-6-11-25(31)27(23)34-35/h3-6,8-15,18H,1,7,16-17H2,2H3,(H,33,36). The van der Waals surface area contributed by atoms with Crippen molar-refractivity contribution in [3.8, 4) is 22.4 Å². The summed E-state index contributed by atoms with van der Waals surface area (Å²) in [5, 5.41) is 8.69. The fourth-order valence-electron chi connectivity index (χ4n) is 5.07. The molecule has 2 aromatic heterocycles. The lowest BCUT2D eigenvalue weighted by Crippen LogP contribution is -2.50. The van der Waals surface area contributed by atoms with Gasteiger partial charge in [0.2, 0.25) is 0 Å². The Bertz CT molecular complexity index is 1650. The molecular formula is C30H25BN4O2. The highest BCUT2D eigenvalue weighted by molar-refractivity contribution is 6.38. The Hall–Kier alpha value is -4.39. The highest BCUT2D eigenvalue weighted by Crippen LogP contribution is 2.42. The number of nitrogens with one attached hydrogen (secondary N) is 1. The van der Waals surface area contributed by atoms with E-state index in [1.165, 1.54) is 0 Å². The fraction of sp³-hybridized carbons (Fsp3) is 0.167. The molecule has 0 atom stereocenters. The minimum Gasteiger partial charge on any atom is -0.416 e. The summed E-state index contributed by atoms with van der Waals surface area (Å²) in [7, 11) is 6.21. The zero-order valence-electron chi connectivity index (χ0n) is 20.6. The van der Waals surface area contributed by atoms with Gasteiger partial charge in [0.05, 0.1) is 22.5 Å². The van der Waals surface area contributed by atoms with Gasteiger partial charge in [-0.05, 0) is 43.4 Å². The van der Waals surface area contributed by atoms with Crippen LogP contribution in [0.2, 0.25) is 0 Å². The average molecular weight is 484 g/mol. The molecule has 6 nitrogen and oxygen atoms in total. The van der Waals surface area contributed by atoms with Crippen molar-refractivity contribution in [3.63, 3.8) is 0 Å². The highest BCUT2D eigenvalue weighted by Gasteiger charge is 2.40. The largest absolute Gasteiger partial charge is 0.416 e. The van der Waals surface area contributed by atoms with Gasteiger partial charge in [-0.25, -0.2) is 14.3 Å². The quantitative estimate of drug-likeness (QED) is 0.259. The molecule has 1 aliphatic rings. The van der Waals surface area contributed by atoms with E-state index in [4.69, 9.17) is 22.7 Å². The molecular weight excluding hydrogens is 459 g/mol. The van der Waals surface area contributed by atoms with E-state index >= 15 is 0 Å². The van der Waals surface area contributed by atoms with E-state index in [1.807, 2.05) is 47.1 Å². The Kier molecular flexibility index (Phi) is 5.56. The number of allylic oxidation sites excluding steroid dienone is 1. The molecule has 7 heteroatoms. The van der Waals surface area contributed by atoms with Crippen molar-refractivity contribution in [2.24, 2.45) is 0 Å². The van der Waals surface area contributed by atoms with Crippen LogP contribution in [0.4, 0.5) is 4.79 Å². The number of carbonyl (C=O) groups is 1. The normalized spacial score (nSPS) is 14.3. The molecule has 0 bridgehead atoms. The van der Waals surface area contributed by atoms with Crippen LogP contribution in [0, 0.1) is 0 Å². The smallest absolute Gasteiger partial charge is 0.412 e. The second kappa shape index (κ2) is 8.93. The lowest BCUT2D eigenvalue weighted by Gasteiger charge is -2.42. The average Bonchev–Trinajstić information content (AvgIpc) is 3.25. The van der Waals surface area contributed by atoms with Crippen molar-refractivity contribution >= 4 is 36.0 Å². The summed E-state index contributed by atoms with van der Waals surface area (Å²) < 4.78 is 6.97. The number of fused-ring (bicyclic) bond motifs is 3. The van der Waals surface area contributed by atoms with Gasteiger partial charge in [-0.15, -0.1) is 0 Å². The molecule has 1 fully saturated rings. The van der Waals surface area contributed by atoms with Crippen LogP contribution in [0.1, 0.15) is 31.7 Å². The molecule has 1 aliphatic carbocycles. The minimum absolute atomic E-state index is 0.367. The Morgan fingerprint density at radius 1 is 1.03 bits per heavy atom. The first-order valence-electron chi connectivity index (χ1n) is 12.3. The van der Waals surface area contributed by atoms with Crippen LogP contribution in [0.5, 0.6) is 0 Å². The Labute approximate surface area is 216 Å². The van der Waals surface area contributed by atoms with Crippen molar-refractivity contribution in [2.45, 2.75) is 31.7 Å². The third-order valence-electron chi connectivity index (χ3n) is 7.07. The van der Waals surface area contributed by atoms with Gasteiger partial charge < -0.3 is 10.1 Å². The van der Waals surface area contributed by atoms with Crippen molar-refractivity contribution in [2.75, 3.05) is 0 Å². The van der Waals surface area contributed by atoms with Crippen molar-refractivity contribution in [1.82, 2.24) is 19.9 Å². The number of alkyl carbamates (subject to hydrolysis) is 1. The zero-order chi connectivity index (χ0) is 25.6. The fourth-order valence-corrected chi connectivity index (χ4v) is 5.07. The predicted molar refractivity (Wildman–Crippen MR) is 147 cm³/mol. The number of ether oxygens (including phenoxy) is 1. The molecule has 1 amide bonds. The molecule has 0 unspecified atom stereocenters. The van der Waals surface area contributed by atoms with Crippen LogP contribution in [0.3, 0.4) is 0 Å². The summed E-state index contributed by atoms with van der Waals surface area (Å²) in [6.45, 7) is 5.32. The van der Waals surface area contributed by atoms with E-state index in [1.54, 1.807) is 6.92 Å². The van der Waals surface area contributed by atoms with Gasteiger partial charge in [-0.3, -0.25) is 0 Å². The van der Waals surface area contributed by atoms with Crippen LogP contribution in [-0.2, 0) is 10.3 Å². The van der Waals surface area contributed by atoms with E-state index in [0.29, 0.717) is 11.2 Å². The van der Waals surface area contributed by atoms with Crippen LogP contribution in [-0.4, -0.2) is 28.5 Å². The maximum absolute atomic E-state index is 12.3. The van der Waals surface area contributed by atoms with Crippen LogP contribution in [0.25, 0.3) is 38.9 Å². The first-order chi connectivity index (χ1) is 17.9. The number of carbonyl (C=O) groups excluding carboxylic acids is 1. The van der Waals surface area contributed by atoms with Gasteiger partial charge in [0.15, 0.2) is 5.65 Å². The number of nitrogens with zero attached hydrogens (tertiary/aromatic N) is 3. The lowest BCUT2D eigenvalue weighted by molar-refractivity contribution is 0.132. The van der Waals surface area contributed by atoms with Crippen LogP contribution in [0.15, 0.2) is 91.3 Å². The number of hydrogen-bond acceptors (Lipinski definition) is 4. The molecule has 2 radical (unpaired) electrons. The minimum atomic E-state index is -0.471.